The fourth-order valence-electron chi connectivity index (χ4n) is 4.33. The van der Waals surface area contributed by atoms with E-state index in [2.05, 4.69) is 55.4 Å². The Kier molecular flexibility index (Phi) is 3.28. The van der Waals surface area contributed by atoms with Crippen molar-refractivity contribution in [1.29, 1.82) is 0 Å². The first kappa shape index (κ1) is 13.9. The van der Waals surface area contributed by atoms with Gasteiger partial charge in [-0.15, -0.1) is 0 Å². The molecule has 0 spiro atoms. The van der Waals surface area contributed by atoms with E-state index in [1.807, 2.05) is 0 Å². The average molecular weight is 246 g/mol. The van der Waals surface area contributed by atoms with E-state index in [-0.39, 0.29) is 5.41 Å². The highest BCUT2D eigenvalue weighted by atomic mass is 14.5. The van der Waals surface area contributed by atoms with Crippen LogP contribution in [-0.2, 0) is 0 Å². The van der Waals surface area contributed by atoms with Crippen molar-refractivity contribution in [3.05, 3.63) is 22.3 Å². The summed E-state index contributed by atoms with van der Waals surface area (Å²) in [5.74, 6) is 3.16. The number of hydrogen-bond donors (Lipinski definition) is 0. The fraction of sp³-hybridized carbons (Fsp3) is 0.778. The van der Waals surface area contributed by atoms with Crippen LogP contribution in [0.3, 0.4) is 0 Å². The monoisotopic (exact) mass is 246 g/mol. The maximum atomic E-state index is 2.46. The van der Waals surface area contributed by atoms with Crippen LogP contribution in [0.2, 0.25) is 0 Å². The molecule has 0 radical (unpaired) electrons. The molecule has 0 saturated heterocycles. The molecule has 4 unspecified atom stereocenters. The lowest BCUT2D eigenvalue weighted by Gasteiger charge is -2.35. The summed E-state index contributed by atoms with van der Waals surface area (Å²) in [6.45, 7) is 19.4. The van der Waals surface area contributed by atoms with E-state index in [1.165, 1.54) is 6.42 Å². The molecule has 0 heteroatoms. The van der Waals surface area contributed by atoms with E-state index in [0.29, 0.717) is 0 Å². The number of allylic oxidation sites excluding steroid dienone is 4. The molecule has 0 heterocycles. The van der Waals surface area contributed by atoms with Crippen LogP contribution in [0, 0.1) is 29.1 Å². The van der Waals surface area contributed by atoms with Gasteiger partial charge in [0.2, 0.25) is 0 Å². The van der Waals surface area contributed by atoms with Crippen molar-refractivity contribution in [2.24, 2.45) is 29.1 Å². The molecule has 0 nitrogen and oxygen atoms in total. The molecule has 0 aromatic heterocycles. The molecule has 102 valence electrons. The van der Waals surface area contributed by atoms with E-state index < -0.39 is 0 Å². The zero-order valence-corrected chi connectivity index (χ0v) is 13.5. The molecular formula is C18H30. The minimum absolute atomic E-state index is 0.289. The normalized spacial score (nSPS) is 40.0. The second-order valence-electron chi connectivity index (χ2n) is 7.46. The minimum Gasteiger partial charge on any atom is -0.0620 e. The average Bonchev–Trinajstić information content (AvgIpc) is 2.41. The van der Waals surface area contributed by atoms with E-state index in [4.69, 9.17) is 0 Å². The molecule has 0 saturated carbocycles. The summed E-state index contributed by atoms with van der Waals surface area (Å²) in [5, 5.41) is 0. The van der Waals surface area contributed by atoms with Gasteiger partial charge in [-0.25, -0.2) is 0 Å². The molecule has 0 aliphatic heterocycles. The fourth-order valence-corrected chi connectivity index (χ4v) is 4.33. The predicted molar refractivity (Wildman–Crippen MR) is 80.5 cm³/mol. The topological polar surface area (TPSA) is 0 Å². The smallest absolute Gasteiger partial charge is 0.00757 e. The van der Waals surface area contributed by atoms with E-state index in [0.717, 1.165) is 23.7 Å². The zero-order chi connectivity index (χ0) is 13.8. The van der Waals surface area contributed by atoms with Crippen molar-refractivity contribution >= 4 is 0 Å². The van der Waals surface area contributed by atoms with Crippen LogP contribution in [0.5, 0.6) is 0 Å². The third-order valence-corrected chi connectivity index (χ3v) is 6.45. The highest BCUT2D eigenvalue weighted by molar-refractivity contribution is 5.52. The summed E-state index contributed by atoms with van der Waals surface area (Å²) in [5.41, 5.74) is 6.94. The third-order valence-electron chi connectivity index (χ3n) is 6.45. The summed E-state index contributed by atoms with van der Waals surface area (Å²) in [4.78, 5) is 0. The van der Waals surface area contributed by atoms with Crippen LogP contribution in [0.1, 0.15) is 61.8 Å². The maximum absolute atomic E-state index is 2.46. The van der Waals surface area contributed by atoms with E-state index in [9.17, 15) is 0 Å². The quantitative estimate of drug-likeness (QED) is 0.521. The molecule has 2 aliphatic carbocycles. The van der Waals surface area contributed by atoms with Crippen LogP contribution in [0.25, 0.3) is 0 Å². The molecule has 0 aromatic rings. The Hall–Kier alpha value is -0.520. The molecule has 0 fully saturated rings. The first-order valence-corrected chi connectivity index (χ1v) is 7.61. The first-order valence-electron chi connectivity index (χ1n) is 7.61. The summed E-state index contributed by atoms with van der Waals surface area (Å²) < 4.78 is 0. The van der Waals surface area contributed by atoms with Gasteiger partial charge in [0.05, 0.1) is 0 Å². The molecule has 0 bridgehead atoms. The molecule has 4 atom stereocenters. The predicted octanol–water partition coefficient (Wildman–Crippen LogP) is 5.61. The van der Waals surface area contributed by atoms with Gasteiger partial charge < -0.3 is 0 Å². The van der Waals surface area contributed by atoms with Gasteiger partial charge in [0, 0.05) is 5.41 Å². The highest BCUT2D eigenvalue weighted by Gasteiger charge is 2.43. The number of hydrogen-bond acceptors (Lipinski definition) is 0. The first-order chi connectivity index (χ1) is 8.19. The van der Waals surface area contributed by atoms with Crippen molar-refractivity contribution in [2.45, 2.75) is 61.8 Å². The summed E-state index contributed by atoms with van der Waals surface area (Å²) in [6.07, 6.45) is 1.29. The lowest BCUT2D eigenvalue weighted by molar-refractivity contribution is 0.232. The standard InChI is InChI=1S/C18H30/c1-10-9-16-14(5)15(6)18(7,8)17(16)13(4)12(3)11(10)2/h10-13H,9H2,1-8H3. The van der Waals surface area contributed by atoms with Gasteiger partial charge in [0.1, 0.15) is 0 Å². The minimum atomic E-state index is 0.289. The molecule has 2 rings (SSSR count). The van der Waals surface area contributed by atoms with Crippen LogP contribution in [0.4, 0.5) is 0 Å². The summed E-state index contributed by atoms with van der Waals surface area (Å²) in [6, 6.07) is 0. The summed E-state index contributed by atoms with van der Waals surface area (Å²) in [7, 11) is 0. The van der Waals surface area contributed by atoms with Gasteiger partial charge in [0.15, 0.2) is 0 Å². The van der Waals surface area contributed by atoms with Gasteiger partial charge >= 0.3 is 0 Å². The van der Waals surface area contributed by atoms with Crippen molar-refractivity contribution in [3.63, 3.8) is 0 Å². The Labute approximate surface area is 114 Å². The summed E-state index contributed by atoms with van der Waals surface area (Å²) >= 11 is 0. The van der Waals surface area contributed by atoms with Gasteiger partial charge in [-0.3, -0.25) is 0 Å². The van der Waals surface area contributed by atoms with Crippen molar-refractivity contribution in [1.82, 2.24) is 0 Å². The van der Waals surface area contributed by atoms with Crippen molar-refractivity contribution < 1.29 is 0 Å². The van der Waals surface area contributed by atoms with Crippen molar-refractivity contribution in [3.8, 4) is 0 Å². The lowest BCUT2D eigenvalue weighted by atomic mass is 9.70. The van der Waals surface area contributed by atoms with Gasteiger partial charge in [-0.2, -0.15) is 0 Å². The van der Waals surface area contributed by atoms with Gasteiger partial charge in [-0.1, -0.05) is 52.7 Å². The van der Waals surface area contributed by atoms with Gasteiger partial charge in [-0.05, 0) is 55.1 Å². The Morgan fingerprint density at radius 2 is 1.50 bits per heavy atom. The Morgan fingerprint density at radius 1 is 0.944 bits per heavy atom. The SMILES string of the molecule is CC1=C(C)C(C)(C)C2=C1CC(C)C(C)C(C)C2C. The third kappa shape index (κ3) is 1.72. The molecular weight excluding hydrogens is 216 g/mol. The van der Waals surface area contributed by atoms with E-state index >= 15 is 0 Å². The second-order valence-corrected chi connectivity index (χ2v) is 7.46. The van der Waals surface area contributed by atoms with Crippen LogP contribution in [-0.4, -0.2) is 0 Å². The van der Waals surface area contributed by atoms with Crippen LogP contribution >= 0.6 is 0 Å². The lowest BCUT2D eigenvalue weighted by Crippen LogP contribution is -2.26. The molecule has 0 aromatic carbocycles. The highest BCUT2D eigenvalue weighted by Crippen LogP contribution is 2.55. The molecule has 18 heavy (non-hydrogen) atoms. The zero-order valence-electron chi connectivity index (χ0n) is 13.5. The maximum Gasteiger partial charge on any atom is 0.00757 e. The molecule has 0 N–H and O–H groups in total. The Balaban J connectivity index is 2.56. The largest absolute Gasteiger partial charge is 0.0620 e. The Bertz CT molecular complexity index is 419. The Morgan fingerprint density at radius 3 is 2.06 bits per heavy atom. The molecule has 2 aliphatic rings. The van der Waals surface area contributed by atoms with Crippen LogP contribution in [0.15, 0.2) is 22.3 Å². The van der Waals surface area contributed by atoms with Gasteiger partial charge in [0.25, 0.3) is 0 Å². The molecule has 0 amide bonds. The second kappa shape index (κ2) is 4.25. The van der Waals surface area contributed by atoms with Crippen LogP contribution < -0.4 is 0 Å². The van der Waals surface area contributed by atoms with E-state index in [1.54, 1.807) is 22.3 Å². The van der Waals surface area contributed by atoms with Crippen molar-refractivity contribution in [2.75, 3.05) is 0 Å². The number of rotatable bonds is 0.